The van der Waals surface area contributed by atoms with Crippen molar-refractivity contribution < 1.29 is 4.52 Å². The zero-order valence-corrected chi connectivity index (χ0v) is 10.2. The summed E-state index contributed by atoms with van der Waals surface area (Å²) in [7, 11) is 0. The molecule has 0 aliphatic carbocycles. The number of nitrogens with two attached hydrogens (primary N) is 1. The Kier molecular flexibility index (Phi) is 3.24. The molecule has 1 unspecified atom stereocenters. The zero-order chi connectivity index (χ0) is 12.3. The first-order valence-electron chi connectivity index (χ1n) is 5.77. The van der Waals surface area contributed by atoms with E-state index in [1.165, 1.54) is 0 Å². The lowest BCUT2D eigenvalue weighted by Gasteiger charge is -2.16. The number of nitrogens with zero attached hydrogens (tertiary/aromatic N) is 2. The van der Waals surface area contributed by atoms with Gasteiger partial charge in [0.15, 0.2) is 5.82 Å². The Morgan fingerprint density at radius 1 is 1.29 bits per heavy atom. The van der Waals surface area contributed by atoms with Gasteiger partial charge in [0.1, 0.15) is 0 Å². The number of aromatic nitrogens is 2. The Morgan fingerprint density at radius 3 is 2.65 bits per heavy atom. The summed E-state index contributed by atoms with van der Waals surface area (Å²) in [6, 6.07) is 10.1. The van der Waals surface area contributed by atoms with Crippen LogP contribution in [0.25, 0.3) is 0 Å². The van der Waals surface area contributed by atoms with Crippen LogP contribution in [0.2, 0.25) is 0 Å². The first-order chi connectivity index (χ1) is 8.12. The molecule has 0 radical (unpaired) electrons. The third kappa shape index (κ3) is 2.71. The molecule has 1 atom stereocenters. The molecular formula is C13H17N3O. The van der Waals surface area contributed by atoms with Crippen LogP contribution in [0.5, 0.6) is 0 Å². The second-order valence-electron chi connectivity index (χ2n) is 4.45. The molecule has 17 heavy (non-hydrogen) atoms. The third-order valence-electron chi connectivity index (χ3n) is 2.90. The average molecular weight is 231 g/mol. The predicted octanol–water partition coefficient (Wildman–Crippen LogP) is 2.24. The van der Waals surface area contributed by atoms with Crippen molar-refractivity contribution in [3.8, 4) is 0 Å². The van der Waals surface area contributed by atoms with Crippen molar-refractivity contribution in [1.29, 1.82) is 0 Å². The smallest absolute Gasteiger partial charge is 0.246 e. The normalized spacial score (nSPS) is 14.5. The van der Waals surface area contributed by atoms with Crippen molar-refractivity contribution in [3.63, 3.8) is 0 Å². The number of hydrogen-bond acceptors (Lipinski definition) is 4. The van der Waals surface area contributed by atoms with Gasteiger partial charge in [-0.3, -0.25) is 0 Å². The molecule has 0 saturated heterocycles. The van der Waals surface area contributed by atoms with E-state index in [1.807, 2.05) is 44.2 Å². The fraction of sp³-hybridized carbons (Fsp3) is 0.385. The van der Waals surface area contributed by atoms with Crippen molar-refractivity contribution in [1.82, 2.24) is 10.1 Å². The van der Waals surface area contributed by atoms with E-state index >= 15 is 0 Å². The molecule has 4 nitrogen and oxygen atoms in total. The molecular weight excluding hydrogens is 214 g/mol. The third-order valence-corrected chi connectivity index (χ3v) is 2.90. The Morgan fingerprint density at radius 2 is 2.00 bits per heavy atom. The van der Waals surface area contributed by atoms with E-state index in [-0.39, 0.29) is 0 Å². The topological polar surface area (TPSA) is 64.9 Å². The van der Waals surface area contributed by atoms with Gasteiger partial charge in [-0.15, -0.1) is 0 Å². The number of rotatable bonds is 4. The van der Waals surface area contributed by atoms with Crippen LogP contribution in [-0.4, -0.2) is 10.1 Å². The van der Waals surface area contributed by atoms with Gasteiger partial charge < -0.3 is 10.3 Å². The van der Waals surface area contributed by atoms with Gasteiger partial charge in [0, 0.05) is 6.42 Å². The fourth-order valence-corrected chi connectivity index (χ4v) is 1.49. The quantitative estimate of drug-likeness (QED) is 0.876. The highest BCUT2D eigenvalue weighted by Crippen LogP contribution is 2.19. The lowest BCUT2D eigenvalue weighted by Crippen LogP contribution is -2.32. The molecule has 0 aliphatic rings. The lowest BCUT2D eigenvalue weighted by atomic mass is 10.0. The highest BCUT2D eigenvalue weighted by atomic mass is 16.5. The van der Waals surface area contributed by atoms with E-state index in [0.717, 1.165) is 12.0 Å². The van der Waals surface area contributed by atoms with E-state index in [9.17, 15) is 0 Å². The van der Waals surface area contributed by atoms with Crippen molar-refractivity contribution in [2.45, 2.75) is 32.2 Å². The van der Waals surface area contributed by atoms with Gasteiger partial charge in [0.25, 0.3) is 0 Å². The molecule has 1 heterocycles. The van der Waals surface area contributed by atoms with Crippen LogP contribution >= 0.6 is 0 Å². The summed E-state index contributed by atoms with van der Waals surface area (Å²) in [5, 5.41) is 3.96. The largest absolute Gasteiger partial charge is 0.337 e. The lowest BCUT2D eigenvalue weighted by molar-refractivity contribution is 0.290. The van der Waals surface area contributed by atoms with E-state index in [0.29, 0.717) is 18.1 Å². The highest BCUT2D eigenvalue weighted by Gasteiger charge is 2.25. The molecule has 0 spiro atoms. The SMILES string of the molecule is CCC(C)(N)c1nc(Cc2ccccc2)no1. The van der Waals surface area contributed by atoms with Gasteiger partial charge in [-0.05, 0) is 18.9 Å². The monoisotopic (exact) mass is 231 g/mol. The van der Waals surface area contributed by atoms with Crippen molar-refractivity contribution in [3.05, 3.63) is 47.6 Å². The molecule has 0 saturated carbocycles. The summed E-state index contributed by atoms with van der Waals surface area (Å²) in [6.07, 6.45) is 1.43. The minimum Gasteiger partial charge on any atom is -0.337 e. The zero-order valence-electron chi connectivity index (χ0n) is 10.2. The van der Waals surface area contributed by atoms with Crippen molar-refractivity contribution in [2.24, 2.45) is 5.73 Å². The van der Waals surface area contributed by atoms with E-state index in [1.54, 1.807) is 0 Å². The summed E-state index contributed by atoms with van der Waals surface area (Å²) in [6.45, 7) is 3.90. The number of benzene rings is 1. The van der Waals surface area contributed by atoms with Crippen LogP contribution in [0.3, 0.4) is 0 Å². The van der Waals surface area contributed by atoms with E-state index in [4.69, 9.17) is 10.3 Å². The maximum absolute atomic E-state index is 6.05. The van der Waals surface area contributed by atoms with Crippen LogP contribution in [0.4, 0.5) is 0 Å². The molecule has 1 aromatic heterocycles. The second kappa shape index (κ2) is 4.67. The van der Waals surface area contributed by atoms with Gasteiger partial charge in [-0.2, -0.15) is 4.98 Å². The van der Waals surface area contributed by atoms with Crippen molar-refractivity contribution >= 4 is 0 Å². The Balaban J connectivity index is 2.14. The highest BCUT2D eigenvalue weighted by molar-refractivity contribution is 5.18. The summed E-state index contributed by atoms with van der Waals surface area (Å²) in [4.78, 5) is 4.35. The summed E-state index contributed by atoms with van der Waals surface area (Å²) in [5.41, 5.74) is 6.67. The van der Waals surface area contributed by atoms with Crippen LogP contribution < -0.4 is 5.73 Å². The average Bonchev–Trinajstić information content (AvgIpc) is 2.80. The molecule has 90 valence electrons. The van der Waals surface area contributed by atoms with Gasteiger partial charge in [-0.25, -0.2) is 0 Å². The van der Waals surface area contributed by atoms with Crippen LogP contribution in [0.15, 0.2) is 34.9 Å². The Labute approximate surface area is 101 Å². The van der Waals surface area contributed by atoms with Gasteiger partial charge in [0.2, 0.25) is 5.89 Å². The number of hydrogen-bond donors (Lipinski definition) is 1. The van der Waals surface area contributed by atoms with Crippen LogP contribution in [-0.2, 0) is 12.0 Å². The summed E-state index contributed by atoms with van der Waals surface area (Å²) < 4.78 is 5.21. The molecule has 0 amide bonds. The Hall–Kier alpha value is -1.68. The standard InChI is InChI=1S/C13H17N3O/c1-3-13(2,14)12-15-11(16-17-12)9-10-7-5-4-6-8-10/h4-8H,3,9,14H2,1-2H3. The fourth-order valence-electron chi connectivity index (χ4n) is 1.49. The van der Waals surface area contributed by atoms with Gasteiger partial charge in [0.05, 0.1) is 5.54 Å². The van der Waals surface area contributed by atoms with Crippen LogP contribution in [0.1, 0.15) is 37.5 Å². The molecule has 2 aromatic rings. The molecule has 4 heteroatoms. The maximum atomic E-state index is 6.05. The molecule has 0 aliphatic heterocycles. The minimum atomic E-state index is -0.540. The molecule has 0 fully saturated rings. The van der Waals surface area contributed by atoms with E-state index in [2.05, 4.69) is 10.1 Å². The predicted molar refractivity (Wildman–Crippen MR) is 65.4 cm³/mol. The first-order valence-corrected chi connectivity index (χ1v) is 5.77. The Bertz CT molecular complexity index is 476. The van der Waals surface area contributed by atoms with E-state index < -0.39 is 5.54 Å². The van der Waals surface area contributed by atoms with Crippen molar-refractivity contribution in [2.75, 3.05) is 0 Å². The molecule has 0 bridgehead atoms. The maximum Gasteiger partial charge on any atom is 0.246 e. The minimum absolute atomic E-state index is 0.505. The first kappa shape index (κ1) is 11.8. The summed E-state index contributed by atoms with van der Waals surface area (Å²) in [5.74, 6) is 1.18. The van der Waals surface area contributed by atoms with Gasteiger partial charge >= 0.3 is 0 Å². The van der Waals surface area contributed by atoms with Crippen LogP contribution in [0, 0.1) is 0 Å². The molecule has 2 N–H and O–H groups in total. The second-order valence-corrected chi connectivity index (χ2v) is 4.45. The summed E-state index contributed by atoms with van der Waals surface area (Å²) >= 11 is 0. The van der Waals surface area contributed by atoms with Gasteiger partial charge in [-0.1, -0.05) is 42.4 Å². The molecule has 2 rings (SSSR count). The molecule has 1 aromatic carbocycles.